The third-order valence-corrected chi connectivity index (χ3v) is 5.87. The number of hydrogen-bond donors (Lipinski definition) is 2. The monoisotopic (exact) mass is 587 g/mol. The minimum Gasteiger partial charge on any atom is -0.493 e. The average Bonchev–Trinajstić information content (AvgIpc) is 2.80. The Morgan fingerprint density at radius 3 is 2.47 bits per heavy atom. The molecule has 7 nitrogen and oxygen atoms in total. The Morgan fingerprint density at radius 1 is 1.03 bits per heavy atom. The molecule has 0 aliphatic heterocycles. The number of hydrogen-bond acceptors (Lipinski definition) is 5. The van der Waals surface area contributed by atoms with Gasteiger partial charge >= 0.3 is 0 Å². The Bertz CT molecular complexity index is 1230. The van der Waals surface area contributed by atoms with E-state index in [2.05, 4.69) is 47.7 Å². The minimum atomic E-state index is -0.329. The minimum absolute atomic E-state index is 0.195. The Morgan fingerprint density at radius 2 is 1.76 bits per heavy atom. The van der Waals surface area contributed by atoms with E-state index in [1.165, 1.54) is 13.3 Å². The molecule has 3 rings (SSSR count). The summed E-state index contributed by atoms with van der Waals surface area (Å²) in [6.45, 7) is 3.70. The van der Waals surface area contributed by atoms with Crippen LogP contribution in [-0.4, -0.2) is 31.7 Å². The van der Waals surface area contributed by atoms with Crippen LogP contribution in [0.1, 0.15) is 27.0 Å². The lowest BCUT2D eigenvalue weighted by Gasteiger charge is -2.14. The maximum atomic E-state index is 12.4. The van der Waals surface area contributed by atoms with E-state index in [0.717, 1.165) is 21.3 Å². The van der Waals surface area contributed by atoms with Gasteiger partial charge in [-0.3, -0.25) is 9.59 Å². The molecule has 2 N–H and O–H groups in total. The molecule has 0 unspecified atom stereocenters. The normalized spacial score (nSPS) is 10.7. The van der Waals surface area contributed by atoms with Crippen LogP contribution in [-0.2, 0) is 4.79 Å². The number of anilines is 1. The van der Waals surface area contributed by atoms with E-state index in [1.54, 1.807) is 36.4 Å². The highest BCUT2D eigenvalue weighted by atomic mass is 79.9. The lowest BCUT2D eigenvalue weighted by molar-refractivity contribution is -0.118. The zero-order valence-electron chi connectivity index (χ0n) is 18.8. The first kappa shape index (κ1) is 25.5. The lowest BCUT2D eigenvalue weighted by Crippen LogP contribution is -2.21. The summed E-state index contributed by atoms with van der Waals surface area (Å²) >= 11 is 6.78. The van der Waals surface area contributed by atoms with E-state index in [0.29, 0.717) is 27.1 Å². The van der Waals surface area contributed by atoms with Gasteiger partial charge in [0.1, 0.15) is 0 Å². The molecule has 9 heteroatoms. The molecular formula is C25H23Br2N3O4. The van der Waals surface area contributed by atoms with Crippen LogP contribution in [0.15, 0.2) is 68.6 Å². The third-order valence-electron chi connectivity index (χ3n) is 4.75. The summed E-state index contributed by atoms with van der Waals surface area (Å²) in [7, 11) is 1.50. The van der Waals surface area contributed by atoms with Crippen molar-refractivity contribution in [1.82, 2.24) is 5.43 Å². The van der Waals surface area contributed by atoms with Gasteiger partial charge in [-0.15, -0.1) is 0 Å². The van der Waals surface area contributed by atoms with Gasteiger partial charge in [-0.25, -0.2) is 5.43 Å². The maximum absolute atomic E-state index is 12.4. The number of halogens is 2. The van der Waals surface area contributed by atoms with Crippen LogP contribution in [0.4, 0.5) is 5.69 Å². The second-order valence-electron chi connectivity index (χ2n) is 7.40. The highest BCUT2D eigenvalue weighted by Crippen LogP contribution is 2.36. The van der Waals surface area contributed by atoms with E-state index in [-0.39, 0.29) is 18.4 Å². The second-order valence-corrected chi connectivity index (χ2v) is 9.17. The fourth-order valence-electron chi connectivity index (χ4n) is 2.98. The molecule has 0 aliphatic rings. The van der Waals surface area contributed by atoms with Gasteiger partial charge in [-0.2, -0.15) is 5.10 Å². The number of nitrogens with one attached hydrogen (secondary N) is 2. The smallest absolute Gasteiger partial charge is 0.271 e. The van der Waals surface area contributed by atoms with Gasteiger partial charge in [-0.1, -0.05) is 28.1 Å². The third kappa shape index (κ3) is 6.91. The van der Waals surface area contributed by atoms with Crippen molar-refractivity contribution in [3.63, 3.8) is 0 Å². The van der Waals surface area contributed by atoms with Gasteiger partial charge in [0.25, 0.3) is 11.8 Å². The summed E-state index contributed by atoms with van der Waals surface area (Å²) < 4.78 is 12.6. The van der Waals surface area contributed by atoms with Crippen LogP contribution in [0.3, 0.4) is 0 Å². The highest BCUT2D eigenvalue weighted by molar-refractivity contribution is 9.10. The lowest BCUT2D eigenvalue weighted by atomic mass is 10.1. The van der Waals surface area contributed by atoms with Gasteiger partial charge in [0, 0.05) is 15.7 Å². The molecule has 0 fully saturated rings. The average molecular weight is 589 g/mol. The first-order valence-electron chi connectivity index (χ1n) is 10.2. The van der Waals surface area contributed by atoms with Gasteiger partial charge < -0.3 is 14.8 Å². The summed E-state index contributed by atoms with van der Waals surface area (Å²) in [5.74, 6) is 0.179. The number of methoxy groups -OCH3 is 1. The molecule has 3 aromatic rings. The Hall–Kier alpha value is -3.17. The number of hydrazone groups is 1. The molecule has 2 amide bonds. The zero-order chi connectivity index (χ0) is 24.7. The summed E-state index contributed by atoms with van der Waals surface area (Å²) in [4.78, 5) is 24.6. The number of amides is 2. The summed E-state index contributed by atoms with van der Waals surface area (Å²) in [5.41, 5.74) is 6.40. The number of aryl methyl sites for hydroxylation is 2. The van der Waals surface area contributed by atoms with Crippen LogP contribution in [0.2, 0.25) is 0 Å². The molecule has 0 bridgehead atoms. The molecule has 0 radical (unpaired) electrons. The van der Waals surface area contributed by atoms with Crippen molar-refractivity contribution in [1.29, 1.82) is 0 Å². The molecule has 176 valence electrons. The van der Waals surface area contributed by atoms with Crippen molar-refractivity contribution in [3.05, 3.63) is 85.8 Å². The molecular weight excluding hydrogens is 566 g/mol. The van der Waals surface area contributed by atoms with E-state index < -0.39 is 0 Å². The summed E-state index contributed by atoms with van der Waals surface area (Å²) in [6, 6.07) is 16.2. The van der Waals surface area contributed by atoms with Crippen molar-refractivity contribution < 1.29 is 19.1 Å². The largest absolute Gasteiger partial charge is 0.493 e. The first-order valence-corrected chi connectivity index (χ1v) is 11.8. The van der Waals surface area contributed by atoms with Crippen LogP contribution in [0.25, 0.3) is 0 Å². The molecule has 0 aromatic heterocycles. The molecule has 0 aliphatic carbocycles. The molecule has 0 atom stereocenters. The predicted octanol–water partition coefficient (Wildman–Crippen LogP) is 5.62. The van der Waals surface area contributed by atoms with E-state index in [1.807, 2.05) is 32.0 Å². The fourth-order valence-corrected chi connectivity index (χ4v) is 3.82. The number of carbonyl (C=O) groups excluding carboxylic acids is 2. The standard InChI is InChI=1S/C25H23Br2N3O4/c1-15-4-5-16(2)21(10-15)29-23(31)14-34-24-20(27)11-17(12-22(24)33-3)13-28-30-25(32)18-6-8-19(26)9-7-18/h4-13H,14H2,1-3H3,(H,29,31)(H,30,32)/b28-13+. The summed E-state index contributed by atoms with van der Waals surface area (Å²) in [5, 5.41) is 6.87. The van der Waals surface area contributed by atoms with Crippen molar-refractivity contribution in [2.24, 2.45) is 5.10 Å². The second kappa shape index (κ2) is 11.8. The number of nitrogens with zero attached hydrogens (tertiary/aromatic N) is 1. The number of rotatable bonds is 8. The Kier molecular flexibility index (Phi) is 8.84. The molecule has 34 heavy (non-hydrogen) atoms. The highest BCUT2D eigenvalue weighted by Gasteiger charge is 2.14. The van der Waals surface area contributed by atoms with Crippen molar-refractivity contribution >= 4 is 55.6 Å². The molecule has 0 saturated heterocycles. The number of carbonyl (C=O) groups is 2. The van der Waals surface area contributed by atoms with Gasteiger partial charge in [-0.05, 0) is 88.9 Å². The van der Waals surface area contributed by atoms with Crippen LogP contribution in [0, 0.1) is 13.8 Å². The SMILES string of the molecule is COc1cc(/C=N/NC(=O)c2ccc(Br)cc2)cc(Br)c1OCC(=O)Nc1cc(C)ccc1C. The fraction of sp³-hybridized carbons (Fsp3) is 0.160. The number of benzene rings is 3. The van der Waals surface area contributed by atoms with Crippen molar-refractivity contribution in [2.75, 3.05) is 19.0 Å². The van der Waals surface area contributed by atoms with E-state index in [9.17, 15) is 9.59 Å². The topological polar surface area (TPSA) is 89.0 Å². The molecule has 3 aromatic carbocycles. The van der Waals surface area contributed by atoms with E-state index in [4.69, 9.17) is 9.47 Å². The molecule has 0 saturated carbocycles. The molecule has 0 spiro atoms. The van der Waals surface area contributed by atoms with Gasteiger partial charge in [0.15, 0.2) is 18.1 Å². The zero-order valence-corrected chi connectivity index (χ0v) is 22.0. The summed E-state index contributed by atoms with van der Waals surface area (Å²) in [6.07, 6.45) is 1.49. The first-order chi connectivity index (χ1) is 16.3. The van der Waals surface area contributed by atoms with Crippen LogP contribution < -0.4 is 20.2 Å². The van der Waals surface area contributed by atoms with E-state index >= 15 is 0 Å². The van der Waals surface area contributed by atoms with Crippen molar-refractivity contribution in [3.8, 4) is 11.5 Å². The van der Waals surface area contributed by atoms with Crippen LogP contribution >= 0.6 is 31.9 Å². The Labute approximate surface area is 214 Å². The van der Waals surface area contributed by atoms with Gasteiger partial charge in [0.2, 0.25) is 0 Å². The number of ether oxygens (including phenoxy) is 2. The predicted molar refractivity (Wildman–Crippen MR) is 140 cm³/mol. The maximum Gasteiger partial charge on any atom is 0.271 e. The quantitative estimate of drug-likeness (QED) is 0.264. The van der Waals surface area contributed by atoms with Crippen molar-refractivity contribution in [2.45, 2.75) is 13.8 Å². The Balaban J connectivity index is 1.64. The van der Waals surface area contributed by atoms with Crippen LogP contribution in [0.5, 0.6) is 11.5 Å². The van der Waals surface area contributed by atoms with Gasteiger partial charge in [0.05, 0.1) is 17.8 Å². The molecule has 0 heterocycles.